The highest BCUT2D eigenvalue weighted by Crippen LogP contribution is 2.29. The molecule has 2 fully saturated rings. The van der Waals surface area contributed by atoms with Crippen molar-refractivity contribution in [3.8, 4) is 0 Å². The Labute approximate surface area is 110 Å². The highest BCUT2D eigenvalue weighted by atomic mass is 35.5. The first-order valence-corrected chi connectivity index (χ1v) is 8.02. The molecule has 4 nitrogen and oxygen atoms in total. The van der Waals surface area contributed by atoms with Crippen LogP contribution >= 0.6 is 12.4 Å². The van der Waals surface area contributed by atoms with Gasteiger partial charge in [-0.2, -0.15) is 0 Å². The molecule has 102 valence electrons. The standard InChI is InChI=1S/C11H22N2O2S.ClH/c14-16(15,8-6-10-3-1-4-10)13-9-11-5-2-7-12-11;/h10-13H,1-9H2;1H. The van der Waals surface area contributed by atoms with Crippen LogP contribution in [0.1, 0.15) is 38.5 Å². The monoisotopic (exact) mass is 282 g/mol. The molecule has 0 spiro atoms. The summed E-state index contributed by atoms with van der Waals surface area (Å²) in [6.07, 6.45) is 6.82. The van der Waals surface area contributed by atoms with Crippen molar-refractivity contribution in [2.75, 3.05) is 18.8 Å². The molecule has 1 aliphatic carbocycles. The summed E-state index contributed by atoms with van der Waals surface area (Å²) < 4.78 is 26.1. The minimum absolute atomic E-state index is 0. The van der Waals surface area contributed by atoms with E-state index in [-0.39, 0.29) is 12.4 Å². The first kappa shape index (κ1) is 15.2. The van der Waals surface area contributed by atoms with E-state index in [4.69, 9.17) is 0 Å². The lowest BCUT2D eigenvalue weighted by atomic mass is 9.84. The molecule has 0 amide bonds. The maximum absolute atomic E-state index is 11.7. The third-order valence-corrected chi connectivity index (χ3v) is 5.11. The molecule has 1 heterocycles. The molecule has 17 heavy (non-hydrogen) atoms. The largest absolute Gasteiger partial charge is 0.313 e. The maximum atomic E-state index is 11.7. The number of sulfonamides is 1. The van der Waals surface area contributed by atoms with Crippen molar-refractivity contribution in [2.45, 2.75) is 44.6 Å². The second-order valence-electron chi connectivity index (χ2n) is 5.05. The van der Waals surface area contributed by atoms with Gasteiger partial charge in [0.25, 0.3) is 0 Å². The van der Waals surface area contributed by atoms with E-state index in [9.17, 15) is 8.42 Å². The average molecular weight is 283 g/mol. The molecule has 2 N–H and O–H groups in total. The molecule has 2 rings (SSSR count). The molecule has 0 aromatic rings. The fourth-order valence-corrected chi connectivity index (χ4v) is 3.58. The number of halogens is 1. The van der Waals surface area contributed by atoms with Crippen LogP contribution in [0, 0.1) is 5.92 Å². The van der Waals surface area contributed by atoms with Crippen LogP contribution in [0.2, 0.25) is 0 Å². The normalized spacial score (nSPS) is 25.3. The van der Waals surface area contributed by atoms with E-state index in [1.807, 2.05) is 0 Å². The zero-order valence-electron chi connectivity index (χ0n) is 10.2. The summed E-state index contributed by atoms with van der Waals surface area (Å²) in [5.74, 6) is 0.978. The van der Waals surface area contributed by atoms with Gasteiger partial charge in [0.15, 0.2) is 0 Å². The summed E-state index contributed by atoms with van der Waals surface area (Å²) in [5.41, 5.74) is 0. The number of hydrogen-bond donors (Lipinski definition) is 2. The molecule has 1 unspecified atom stereocenters. The Kier molecular flexibility index (Phi) is 6.20. The Balaban J connectivity index is 0.00000144. The van der Waals surface area contributed by atoms with Gasteiger partial charge in [0.1, 0.15) is 0 Å². The summed E-state index contributed by atoms with van der Waals surface area (Å²) in [6, 6.07) is 0.346. The summed E-state index contributed by atoms with van der Waals surface area (Å²) in [5, 5.41) is 3.29. The second kappa shape index (κ2) is 6.92. The van der Waals surface area contributed by atoms with Crippen LogP contribution in [0.3, 0.4) is 0 Å². The lowest BCUT2D eigenvalue weighted by molar-refractivity contribution is 0.307. The molecule has 0 radical (unpaired) electrons. The van der Waals surface area contributed by atoms with Gasteiger partial charge in [0.05, 0.1) is 5.75 Å². The molecule has 2 aliphatic rings. The zero-order valence-corrected chi connectivity index (χ0v) is 11.8. The van der Waals surface area contributed by atoms with Crippen molar-refractivity contribution < 1.29 is 8.42 Å². The molecular formula is C11H23ClN2O2S. The molecule has 1 saturated carbocycles. The number of nitrogens with one attached hydrogen (secondary N) is 2. The third-order valence-electron chi connectivity index (χ3n) is 3.73. The second-order valence-corrected chi connectivity index (χ2v) is 6.97. The average Bonchev–Trinajstić information content (AvgIpc) is 2.64. The van der Waals surface area contributed by atoms with Gasteiger partial charge < -0.3 is 5.32 Å². The van der Waals surface area contributed by atoms with E-state index in [0.29, 0.717) is 24.3 Å². The lowest BCUT2D eigenvalue weighted by Crippen LogP contribution is -2.38. The highest BCUT2D eigenvalue weighted by Gasteiger charge is 2.22. The van der Waals surface area contributed by atoms with E-state index in [0.717, 1.165) is 25.8 Å². The molecule has 0 bridgehead atoms. The van der Waals surface area contributed by atoms with Crippen molar-refractivity contribution in [1.29, 1.82) is 0 Å². The summed E-state index contributed by atoms with van der Waals surface area (Å²) in [7, 11) is -3.03. The van der Waals surface area contributed by atoms with Crippen LogP contribution in [-0.4, -0.2) is 33.3 Å². The van der Waals surface area contributed by atoms with Crippen LogP contribution in [0.4, 0.5) is 0 Å². The highest BCUT2D eigenvalue weighted by molar-refractivity contribution is 7.89. The maximum Gasteiger partial charge on any atom is 0.211 e. The van der Waals surface area contributed by atoms with Crippen molar-refractivity contribution >= 4 is 22.4 Å². The quantitative estimate of drug-likeness (QED) is 0.771. The van der Waals surface area contributed by atoms with E-state index in [2.05, 4.69) is 10.0 Å². The van der Waals surface area contributed by atoms with Gasteiger partial charge in [-0.15, -0.1) is 12.4 Å². The van der Waals surface area contributed by atoms with E-state index in [1.165, 1.54) is 19.3 Å². The number of hydrogen-bond acceptors (Lipinski definition) is 3. The van der Waals surface area contributed by atoms with Crippen LogP contribution in [0.25, 0.3) is 0 Å². The van der Waals surface area contributed by atoms with Crippen LogP contribution in [0.5, 0.6) is 0 Å². The molecule has 1 aliphatic heterocycles. The van der Waals surface area contributed by atoms with Crippen molar-refractivity contribution in [2.24, 2.45) is 5.92 Å². The van der Waals surface area contributed by atoms with Gasteiger partial charge in [-0.25, -0.2) is 13.1 Å². The Morgan fingerprint density at radius 2 is 1.94 bits per heavy atom. The van der Waals surface area contributed by atoms with Gasteiger partial charge >= 0.3 is 0 Å². The first-order valence-electron chi connectivity index (χ1n) is 6.36. The fourth-order valence-electron chi connectivity index (χ4n) is 2.33. The minimum atomic E-state index is -3.03. The Morgan fingerprint density at radius 3 is 2.47 bits per heavy atom. The molecule has 0 aromatic carbocycles. The molecular weight excluding hydrogens is 260 g/mol. The van der Waals surface area contributed by atoms with Gasteiger partial charge in [0, 0.05) is 12.6 Å². The van der Waals surface area contributed by atoms with Gasteiger partial charge in [-0.3, -0.25) is 0 Å². The minimum Gasteiger partial charge on any atom is -0.313 e. The summed E-state index contributed by atoms with van der Waals surface area (Å²) >= 11 is 0. The van der Waals surface area contributed by atoms with Crippen molar-refractivity contribution in [1.82, 2.24) is 10.0 Å². The fraction of sp³-hybridized carbons (Fsp3) is 1.00. The zero-order chi connectivity index (χ0) is 11.4. The predicted molar refractivity (Wildman–Crippen MR) is 72.0 cm³/mol. The molecule has 1 saturated heterocycles. The Hall–Kier alpha value is 0.160. The third kappa shape index (κ3) is 5.12. The van der Waals surface area contributed by atoms with Crippen LogP contribution in [-0.2, 0) is 10.0 Å². The van der Waals surface area contributed by atoms with E-state index in [1.54, 1.807) is 0 Å². The first-order chi connectivity index (χ1) is 7.66. The van der Waals surface area contributed by atoms with Crippen LogP contribution in [0.15, 0.2) is 0 Å². The molecule has 0 aromatic heterocycles. The van der Waals surface area contributed by atoms with Crippen molar-refractivity contribution in [3.63, 3.8) is 0 Å². The molecule has 6 heteroatoms. The summed E-state index contributed by atoms with van der Waals surface area (Å²) in [4.78, 5) is 0. The Morgan fingerprint density at radius 1 is 1.18 bits per heavy atom. The van der Waals surface area contributed by atoms with Gasteiger partial charge in [-0.05, 0) is 31.7 Å². The van der Waals surface area contributed by atoms with Crippen LogP contribution < -0.4 is 10.0 Å². The van der Waals surface area contributed by atoms with E-state index < -0.39 is 10.0 Å². The van der Waals surface area contributed by atoms with Gasteiger partial charge in [-0.1, -0.05) is 19.3 Å². The number of rotatable bonds is 6. The smallest absolute Gasteiger partial charge is 0.211 e. The van der Waals surface area contributed by atoms with Gasteiger partial charge in [0.2, 0.25) is 10.0 Å². The topological polar surface area (TPSA) is 58.2 Å². The lowest BCUT2D eigenvalue weighted by Gasteiger charge is -2.25. The van der Waals surface area contributed by atoms with E-state index >= 15 is 0 Å². The summed E-state index contributed by atoms with van der Waals surface area (Å²) in [6.45, 7) is 1.58. The predicted octanol–water partition coefficient (Wildman–Crippen LogP) is 1.27. The Bertz CT molecular complexity index is 311. The van der Waals surface area contributed by atoms with Crippen molar-refractivity contribution in [3.05, 3.63) is 0 Å². The SMILES string of the molecule is Cl.O=S(=O)(CCC1CCC1)NCC1CCCN1. The molecule has 1 atom stereocenters.